The molecule has 2 aromatic carbocycles. The Bertz CT molecular complexity index is 875. The second-order valence-electron chi connectivity index (χ2n) is 7.33. The second-order valence-corrected chi connectivity index (χ2v) is 7.33. The fourth-order valence-corrected chi connectivity index (χ4v) is 3.43. The Hall–Kier alpha value is -3.15. The predicted octanol–water partition coefficient (Wildman–Crippen LogP) is 3.99. The van der Waals surface area contributed by atoms with Gasteiger partial charge in [0.2, 0.25) is 0 Å². The highest BCUT2D eigenvalue weighted by Gasteiger charge is 2.22. The number of carbonyl (C=O) groups excluding carboxylic acids is 3. The normalized spacial score (nSPS) is 16.2. The molecule has 0 saturated carbocycles. The van der Waals surface area contributed by atoms with Crippen LogP contribution in [-0.4, -0.2) is 42.4 Å². The zero-order valence-electron chi connectivity index (χ0n) is 16.8. The third-order valence-corrected chi connectivity index (χ3v) is 4.99. The lowest BCUT2D eigenvalue weighted by atomic mass is 9.99. The highest BCUT2D eigenvalue weighted by atomic mass is 16.5. The molecule has 0 spiro atoms. The van der Waals surface area contributed by atoms with Crippen LogP contribution in [0.15, 0.2) is 48.5 Å². The van der Waals surface area contributed by atoms with E-state index in [1.54, 1.807) is 55.5 Å². The number of nitrogens with zero attached hydrogens (tertiary/aromatic N) is 1. The minimum Gasteiger partial charge on any atom is -0.462 e. The van der Waals surface area contributed by atoms with E-state index in [0.717, 1.165) is 25.9 Å². The number of esters is 1. The Balaban J connectivity index is 1.61. The summed E-state index contributed by atoms with van der Waals surface area (Å²) in [6.45, 7) is 5.78. The van der Waals surface area contributed by atoms with E-state index in [-0.39, 0.29) is 11.8 Å². The van der Waals surface area contributed by atoms with Gasteiger partial charge in [-0.2, -0.15) is 0 Å². The number of hydrogen-bond acceptors (Lipinski definition) is 4. The summed E-state index contributed by atoms with van der Waals surface area (Å²) in [5, 5.41) is 2.79. The zero-order valence-corrected chi connectivity index (χ0v) is 16.8. The van der Waals surface area contributed by atoms with Crippen LogP contribution in [0.2, 0.25) is 0 Å². The van der Waals surface area contributed by atoms with Gasteiger partial charge in [0.15, 0.2) is 0 Å². The summed E-state index contributed by atoms with van der Waals surface area (Å²) in [5.41, 5.74) is 2.06. The lowest BCUT2D eigenvalue weighted by Gasteiger charge is -2.31. The number of rotatable bonds is 5. The number of piperidine rings is 1. The summed E-state index contributed by atoms with van der Waals surface area (Å²) in [6, 6.07) is 13.2. The third-order valence-electron chi connectivity index (χ3n) is 4.99. The Morgan fingerprint density at radius 1 is 1.00 bits per heavy atom. The molecule has 0 radical (unpaired) electrons. The second kappa shape index (κ2) is 9.37. The van der Waals surface area contributed by atoms with E-state index < -0.39 is 5.97 Å². The Morgan fingerprint density at radius 3 is 2.24 bits per heavy atom. The van der Waals surface area contributed by atoms with Gasteiger partial charge in [-0.1, -0.05) is 6.92 Å². The van der Waals surface area contributed by atoms with E-state index in [9.17, 15) is 14.4 Å². The monoisotopic (exact) mass is 394 g/mol. The van der Waals surface area contributed by atoms with Crippen LogP contribution < -0.4 is 5.32 Å². The van der Waals surface area contributed by atoms with Gasteiger partial charge >= 0.3 is 5.97 Å². The Labute approximate surface area is 170 Å². The number of likely N-dealkylation sites (tertiary alicyclic amines) is 1. The maximum Gasteiger partial charge on any atom is 0.338 e. The molecule has 1 N–H and O–H groups in total. The highest BCUT2D eigenvalue weighted by Crippen LogP contribution is 2.19. The maximum atomic E-state index is 12.6. The van der Waals surface area contributed by atoms with Crippen molar-refractivity contribution in [3.8, 4) is 0 Å². The standard InChI is InChI=1S/C23H26N2O4/c1-3-29-23(28)19-10-12-20(13-11-19)24-21(26)17-6-8-18(9-7-17)22(27)25-14-4-5-16(2)15-25/h6-13,16H,3-5,14-15H2,1-2H3,(H,24,26). The van der Waals surface area contributed by atoms with Gasteiger partial charge in [0.1, 0.15) is 0 Å². The van der Waals surface area contributed by atoms with Crippen LogP contribution in [0.1, 0.15) is 57.8 Å². The van der Waals surface area contributed by atoms with Gasteiger partial charge in [-0.25, -0.2) is 4.79 Å². The molecule has 152 valence electrons. The molecule has 3 rings (SSSR count). The summed E-state index contributed by atoms with van der Waals surface area (Å²) < 4.78 is 4.94. The van der Waals surface area contributed by atoms with Crippen molar-refractivity contribution in [1.82, 2.24) is 4.90 Å². The lowest BCUT2D eigenvalue weighted by molar-refractivity contribution is 0.0526. The molecule has 1 fully saturated rings. The number of amides is 2. The Kier molecular flexibility index (Phi) is 6.65. The van der Waals surface area contributed by atoms with Crippen molar-refractivity contribution in [2.75, 3.05) is 25.0 Å². The molecule has 1 aliphatic rings. The van der Waals surface area contributed by atoms with E-state index in [0.29, 0.717) is 34.9 Å². The van der Waals surface area contributed by atoms with Crippen molar-refractivity contribution in [3.05, 3.63) is 65.2 Å². The Morgan fingerprint density at radius 2 is 1.62 bits per heavy atom. The van der Waals surface area contributed by atoms with Gasteiger partial charge < -0.3 is 15.0 Å². The largest absolute Gasteiger partial charge is 0.462 e. The summed E-state index contributed by atoms with van der Waals surface area (Å²) >= 11 is 0. The van der Waals surface area contributed by atoms with Crippen molar-refractivity contribution in [3.63, 3.8) is 0 Å². The third kappa shape index (κ3) is 5.22. The van der Waals surface area contributed by atoms with Gasteiger partial charge in [-0.15, -0.1) is 0 Å². The molecule has 1 atom stereocenters. The maximum absolute atomic E-state index is 12.6. The molecular weight excluding hydrogens is 368 g/mol. The number of carbonyl (C=O) groups is 3. The van der Waals surface area contributed by atoms with Crippen LogP contribution in [0, 0.1) is 5.92 Å². The summed E-state index contributed by atoms with van der Waals surface area (Å²) in [6.07, 6.45) is 2.19. The van der Waals surface area contributed by atoms with Gasteiger partial charge in [0.25, 0.3) is 11.8 Å². The van der Waals surface area contributed by atoms with Gasteiger partial charge in [-0.05, 0) is 74.2 Å². The summed E-state index contributed by atoms with van der Waals surface area (Å²) in [4.78, 5) is 38.7. The molecule has 0 bridgehead atoms. The van der Waals surface area contributed by atoms with Crippen LogP contribution >= 0.6 is 0 Å². The van der Waals surface area contributed by atoms with Gasteiger partial charge in [-0.3, -0.25) is 9.59 Å². The number of ether oxygens (including phenoxy) is 1. The van der Waals surface area contributed by atoms with E-state index in [2.05, 4.69) is 12.2 Å². The van der Waals surface area contributed by atoms with Crippen molar-refractivity contribution in [1.29, 1.82) is 0 Å². The van der Waals surface area contributed by atoms with Crippen LogP contribution in [0.3, 0.4) is 0 Å². The molecule has 1 unspecified atom stereocenters. The molecule has 29 heavy (non-hydrogen) atoms. The van der Waals surface area contributed by atoms with E-state index >= 15 is 0 Å². The topological polar surface area (TPSA) is 75.7 Å². The van der Waals surface area contributed by atoms with Crippen LogP contribution in [0.5, 0.6) is 0 Å². The quantitative estimate of drug-likeness (QED) is 0.778. The molecule has 1 aliphatic heterocycles. The number of hydrogen-bond donors (Lipinski definition) is 1. The minimum absolute atomic E-state index is 0.0121. The molecule has 2 aromatic rings. The number of benzene rings is 2. The first-order chi connectivity index (χ1) is 14.0. The highest BCUT2D eigenvalue weighted by molar-refractivity contribution is 6.05. The summed E-state index contributed by atoms with van der Waals surface area (Å²) in [7, 11) is 0. The van der Waals surface area contributed by atoms with Crippen molar-refractivity contribution < 1.29 is 19.1 Å². The van der Waals surface area contributed by atoms with Crippen molar-refractivity contribution >= 4 is 23.5 Å². The molecule has 1 saturated heterocycles. The number of nitrogens with one attached hydrogen (secondary N) is 1. The van der Waals surface area contributed by atoms with Gasteiger partial charge in [0.05, 0.1) is 12.2 Å². The number of anilines is 1. The first-order valence-corrected chi connectivity index (χ1v) is 9.95. The fourth-order valence-electron chi connectivity index (χ4n) is 3.43. The SMILES string of the molecule is CCOC(=O)c1ccc(NC(=O)c2ccc(C(=O)N3CCCC(C)C3)cc2)cc1. The molecule has 0 aromatic heterocycles. The average Bonchev–Trinajstić information content (AvgIpc) is 2.74. The first-order valence-electron chi connectivity index (χ1n) is 9.95. The van der Waals surface area contributed by atoms with E-state index in [4.69, 9.17) is 4.74 Å². The first kappa shape index (κ1) is 20.6. The van der Waals surface area contributed by atoms with Crippen molar-refractivity contribution in [2.24, 2.45) is 5.92 Å². The van der Waals surface area contributed by atoms with Crippen molar-refractivity contribution in [2.45, 2.75) is 26.7 Å². The fraction of sp³-hybridized carbons (Fsp3) is 0.348. The van der Waals surface area contributed by atoms with Crippen LogP contribution in [0.25, 0.3) is 0 Å². The zero-order chi connectivity index (χ0) is 20.8. The molecule has 6 nitrogen and oxygen atoms in total. The molecule has 6 heteroatoms. The van der Waals surface area contributed by atoms with Crippen LogP contribution in [0.4, 0.5) is 5.69 Å². The van der Waals surface area contributed by atoms with Gasteiger partial charge in [0, 0.05) is 29.9 Å². The molecular formula is C23H26N2O4. The molecule has 1 heterocycles. The average molecular weight is 394 g/mol. The predicted molar refractivity (Wildman–Crippen MR) is 111 cm³/mol. The van der Waals surface area contributed by atoms with E-state index in [1.165, 1.54) is 0 Å². The smallest absolute Gasteiger partial charge is 0.338 e. The summed E-state index contributed by atoms with van der Waals surface area (Å²) in [5.74, 6) is -0.140. The van der Waals surface area contributed by atoms with Crippen LogP contribution in [-0.2, 0) is 4.74 Å². The molecule has 2 amide bonds. The lowest BCUT2D eigenvalue weighted by Crippen LogP contribution is -2.39. The molecule has 0 aliphatic carbocycles. The minimum atomic E-state index is -0.395. The van der Waals surface area contributed by atoms with E-state index in [1.807, 2.05) is 4.90 Å².